The Morgan fingerprint density at radius 2 is 1.89 bits per heavy atom. The van der Waals surface area contributed by atoms with Crippen LogP contribution in [-0.4, -0.2) is 30.1 Å². The Kier molecular flexibility index (Phi) is 2.83. The van der Waals surface area contributed by atoms with E-state index in [1.165, 1.54) is 31.5 Å². The fraction of sp³-hybridized carbons (Fsp3) is 0.600. The van der Waals surface area contributed by atoms with Gasteiger partial charge in [-0.2, -0.15) is 0 Å². The lowest BCUT2D eigenvalue weighted by atomic mass is 9.60. The van der Waals surface area contributed by atoms with Crippen LogP contribution in [-0.2, 0) is 6.42 Å². The molecule has 1 aromatic carbocycles. The third-order valence-electron chi connectivity index (χ3n) is 4.60. The molecule has 1 spiro atoms. The largest absolute Gasteiger partial charge is 0.399 e. The summed E-state index contributed by atoms with van der Waals surface area (Å²) in [6.45, 7) is 4.81. The second kappa shape index (κ2) is 4.25. The molecule has 1 saturated carbocycles. The first-order valence-electron chi connectivity index (χ1n) is 6.90. The number of likely N-dealkylation sites (tertiary alicyclic amines) is 1. The number of nitrogens with zero attached hydrogens (tertiary/aromatic N) is 1. The minimum atomic E-state index is 0.472. The quantitative estimate of drug-likeness (QED) is 0.796. The highest BCUT2D eigenvalue weighted by Crippen LogP contribution is 2.48. The molecule has 1 saturated heterocycles. The van der Waals surface area contributed by atoms with Gasteiger partial charge < -0.3 is 11.5 Å². The molecule has 98 valence electrons. The van der Waals surface area contributed by atoms with Crippen LogP contribution in [0.4, 0.5) is 5.69 Å². The van der Waals surface area contributed by atoms with Crippen molar-refractivity contribution in [1.29, 1.82) is 0 Å². The molecule has 1 aliphatic heterocycles. The standard InChI is InChI=1S/C15H23N3/c1-11(6-12-2-4-13(16)5-3-12)18-9-15(10-18)7-14(17)8-15/h2-5,11,14H,6-10,16-17H2,1H3. The average Bonchev–Trinajstić information content (AvgIpc) is 2.24. The minimum Gasteiger partial charge on any atom is -0.399 e. The van der Waals surface area contributed by atoms with E-state index in [0.717, 1.165) is 12.1 Å². The van der Waals surface area contributed by atoms with Crippen molar-refractivity contribution in [2.24, 2.45) is 11.1 Å². The normalized spacial score (nSPS) is 24.6. The van der Waals surface area contributed by atoms with E-state index in [-0.39, 0.29) is 0 Å². The average molecular weight is 245 g/mol. The Balaban J connectivity index is 1.51. The zero-order valence-corrected chi connectivity index (χ0v) is 11.1. The summed E-state index contributed by atoms with van der Waals surface area (Å²) in [7, 11) is 0. The fourth-order valence-electron chi connectivity index (χ4n) is 3.56. The molecule has 0 aromatic heterocycles. The first kappa shape index (κ1) is 12.0. The monoisotopic (exact) mass is 245 g/mol. The van der Waals surface area contributed by atoms with E-state index in [1.807, 2.05) is 12.1 Å². The van der Waals surface area contributed by atoms with Crippen LogP contribution in [0.5, 0.6) is 0 Å². The molecule has 0 amide bonds. The van der Waals surface area contributed by atoms with Crippen molar-refractivity contribution < 1.29 is 0 Å². The molecule has 2 fully saturated rings. The van der Waals surface area contributed by atoms with Crippen LogP contribution in [0.25, 0.3) is 0 Å². The summed E-state index contributed by atoms with van der Waals surface area (Å²) in [5, 5.41) is 0. The third-order valence-corrected chi connectivity index (χ3v) is 4.60. The molecule has 2 aliphatic rings. The van der Waals surface area contributed by atoms with Gasteiger partial charge in [-0.3, -0.25) is 4.90 Å². The molecule has 1 aromatic rings. The summed E-state index contributed by atoms with van der Waals surface area (Å²) in [5.74, 6) is 0. The maximum atomic E-state index is 5.89. The van der Waals surface area contributed by atoms with Gasteiger partial charge in [0.15, 0.2) is 0 Å². The number of nitrogen functional groups attached to an aromatic ring is 1. The summed E-state index contributed by atoms with van der Waals surface area (Å²) in [6, 6.07) is 9.35. The van der Waals surface area contributed by atoms with Gasteiger partial charge in [0.1, 0.15) is 0 Å². The lowest BCUT2D eigenvalue weighted by molar-refractivity contribution is -0.0888. The molecular formula is C15H23N3. The second-order valence-corrected chi connectivity index (χ2v) is 6.37. The minimum absolute atomic E-state index is 0.472. The third kappa shape index (κ3) is 2.13. The molecule has 1 aliphatic carbocycles. The number of hydrogen-bond acceptors (Lipinski definition) is 3. The SMILES string of the molecule is CC(Cc1ccc(N)cc1)N1CC2(CC(N)C2)C1. The Morgan fingerprint density at radius 1 is 1.28 bits per heavy atom. The molecule has 3 heteroatoms. The van der Waals surface area contributed by atoms with Gasteiger partial charge in [-0.1, -0.05) is 12.1 Å². The van der Waals surface area contributed by atoms with Crippen LogP contribution in [0, 0.1) is 5.41 Å². The summed E-state index contributed by atoms with van der Waals surface area (Å²) in [6.07, 6.45) is 3.58. The molecule has 3 nitrogen and oxygen atoms in total. The number of anilines is 1. The van der Waals surface area contributed by atoms with Crippen LogP contribution in [0.2, 0.25) is 0 Å². The molecule has 4 N–H and O–H groups in total. The van der Waals surface area contributed by atoms with Gasteiger partial charge in [-0.25, -0.2) is 0 Å². The number of nitrogens with two attached hydrogens (primary N) is 2. The summed E-state index contributed by atoms with van der Waals surface area (Å²) < 4.78 is 0. The molecule has 0 bridgehead atoms. The topological polar surface area (TPSA) is 55.3 Å². The Labute approximate surface area is 109 Å². The van der Waals surface area contributed by atoms with Crippen molar-refractivity contribution in [2.75, 3.05) is 18.8 Å². The van der Waals surface area contributed by atoms with E-state index in [9.17, 15) is 0 Å². The zero-order valence-electron chi connectivity index (χ0n) is 11.1. The Hall–Kier alpha value is -1.06. The maximum Gasteiger partial charge on any atom is 0.0314 e. The van der Waals surface area contributed by atoms with E-state index < -0.39 is 0 Å². The smallest absolute Gasteiger partial charge is 0.0314 e. The van der Waals surface area contributed by atoms with Crippen molar-refractivity contribution in [3.05, 3.63) is 29.8 Å². The van der Waals surface area contributed by atoms with Crippen molar-refractivity contribution in [1.82, 2.24) is 4.90 Å². The molecular weight excluding hydrogens is 222 g/mol. The molecule has 18 heavy (non-hydrogen) atoms. The lowest BCUT2D eigenvalue weighted by Crippen LogP contribution is -2.67. The van der Waals surface area contributed by atoms with Crippen molar-refractivity contribution >= 4 is 5.69 Å². The van der Waals surface area contributed by atoms with E-state index in [4.69, 9.17) is 11.5 Å². The lowest BCUT2D eigenvalue weighted by Gasteiger charge is -2.60. The van der Waals surface area contributed by atoms with Crippen molar-refractivity contribution in [3.8, 4) is 0 Å². The van der Waals surface area contributed by atoms with Gasteiger partial charge in [0.2, 0.25) is 0 Å². The Morgan fingerprint density at radius 3 is 2.44 bits per heavy atom. The van der Waals surface area contributed by atoms with E-state index in [2.05, 4.69) is 24.0 Å². The van der Waals surface area contributed by atoms with Crippen LogP contribution < -0.4 is 11.5 Å². The van der Waals surface area contributed by atoms with Crippen LogP contribution in [0.1, 0.15) is 25.3 Å². The molecule has 1 heterocycles. The van der Waals surface area contributed by atoms with Crippen LogP contribution in [0.15, 0.2) is 24.3 Å². The zero-order chi connectivity index (χ0) is 12.8. The predicted octanol–water partition coefficient (Wildman–Crippen LogP) is 1.62. The highest BCUT2D eigenvalue weighted by molar-refractivity contribution is 5.39. The number of rotatable bonds is 3. The number of benzene rings is 1. The first-order chi connectivity index (χ1) is 8.56. The van der Waals surface area contributed by atoms with Gasteiger partial charge >= 0.3 is 0 Å². The second-order valence-electron chi connectivity index (χ2n) is 6.37. The van der Waals surface area contributed by atoms with Gasteiger partial charge in [0, 0.05) is 30.9 Å². The van der Waals surface area contributed by atoms with E-state index in [1.54, 1.807) is 0 Å². The molecule has 0 radical (unpaired) electrons. The van der Waals surface area contributed by atoms with Gasteiger partial charge in [0.25, 0.3) is 0 Å². The Bertz CT molecular complexity index is 412. The summed E-state index contributed by atoms with van der Waals surface area (Å²) >= 11 is 0. The highest BCUT2D eigenvalue weighted by atomic mass is 15.2. The van der Waals surface area contributed by atoms with Crippen LogP contribution >= 0.6 is 0 Å². The maximum absolute atomic E-state index is 5.89. The fourth-order valence-corrected chi connectivity index (χ4v) is 3.56. The van der Waals surface area contributed by atoms with E-state index in [0.29, 0.717) is 17.5 Å². The first-order valence-corrected chi connectivity index (χ1v) is 6.90. The molecule has 1 unspecified atom stereocenters. The summed E-state index contributed by atoms with van der Waals surface area (Å²) in [4.78, 5) is 2.59. The van der Waals surface area contributed by atoms with Gasteiger partial charge in [-0.05, 0) is 49.3 Å². The van der Waals surface area contributed by atoms with Gasteiger partial charge in [-0.15, -0.1) is 0 Å². The van der Waals surface area contributed by atoms with Crippen molar-refractivity contribution in [3.63, 3.8) is 0 Å². The highest BCUT2D eigenvalue weighted by Gasteiger charge is 2.51. The van der Waals surface area contributed by atoms with Crippen LogP contribution in [0.3, 0.4) is 0 Å². The van der Waals surface area contributed by atoms with Crippen molar-refractivity contribution in [2.45, 2.75) is 38.3 Å². The molecule has 1 atom stereocenters. The number of hydrogen-bond donors (Lipinski definition) is 2. The predicted molar refractivity (Wildman–Crippen MR) is 75.2 cm³/mol. The summed E-state index contributed by atoms with van der Waals surface area (Å²) in [5.41, 5.74) is 14.4. The van der Waals surface area contributed by atoms with Gasteiger partial charge in [0.05, 0.1) is 0 Å². The molecule has 3 rings (SSSR count). The van der Waals surface area contributed by atoms with E-state index >= 15 is 0 Å².